The SMILES string of the molecule is CCCCCN(CC)CC1(c2ccccc2)CCN(CCC(c2ccccc2)(c2ccccc2)c2ccccc2)CC1. The Hall–Kier alpha value is -3.20. The van der Waals surface area contributed by atoms with Crippen LogP contribution in [0.5, 0.6) is 0 Å². The van der Waals surface area contributed by atoms with Gasteiger partial charge in [-0.25, -0.2) is 0 Å². The van der Waals surface area contributed by atoms with Crippen LogP contribution >= 0.6 is 0 Å². The summed E-state index contributed by atoms with van der Waals surface area (Å²) in [6, 6.07) is 45.0. The molecule has 2 nitrogen and oxygen atoms in total. The van der Waals surface area contributed by atoms with Crippen molar-refractivity contribution in [2.45, 2.75) is 63.2 Å². The van der Waals surface area contributed by atoms with Crippen LogP contribution in [0.15, 0.2) is 121 Å². The van der Waals surface area contributed by atoms with Gasteiger partial charge in [-0.15, -0.1) is 0 Å². The molecule has 0 spiro atoms. The van der Waals surface area contributed by atoms with Gasteiger partial charge >= 0.3 is 0 Å². The summed E-state index contributed by atoms with van der Waals surface area (Å²) < 4.78 is 0. The molecule has 0 unspecified atom stereocenters. The maximum absolute atomic E-state index is 2.75. The van der Waals surface area contributed by atoms with E-state index in [1.807, 2.05) is 0 Å². The lowest BCUT2D eigenvalue weighted by Gasteiger charge is -2.46. The number of unbranched alkanes of at least 4 members (excludes halogenated alkanes) is 2. The Kier molecular flexibility index (Phi) is 10.7. The Balaban J connectivity index is 1.39. The highest BCUT2D eigenvalue weighted by atomic mass is 15.2. The van der Waals surface area contributed by atoms with Gasteiger partial charge in [-0.3, -0.25) is 0 Å². The molecule has 2 heteroatoms. The molecule has 0 N–H and O–H groups in total. The summed E-state index contributed by atoms with van der Waals surface area (Å²) in [7, 11) is 0. The third kappa shape index (κ3) is 6.88. The fourth-order valence-corrected chi connectivity index (χ4v) is 7.32. The summed E-state index contributed by atoms with van der Waals surface area (Å²) >= 11 is 0. The van der Waals surface area contributed by atoms with Crippen molar-refractivity contribution in [2.24, 2.45) is 0 Å². The van der Waals surface area contributed by atoms with E-state index in [2.05, 4.69) is 145 Å². The molecular formula is C40H50N2. The molecular weight excluding hydrogens is 508 g/mol. The summed E-state index contributed by atoms with van der Waals surface area (Å²) in [4.78, 5) is 5.47. The number of likely N-dealkylation sites (tertiary alicyclic amines) is 1. The predicted octanol–water partition coefficient (Wildman–Crippen LogP) is 8.96. The summed E-state index contributed by atoms with van der Waals surface area (Å²) in [5, 5.41) is 0. The van der Waals surface area contributed by atoms with E-state index < -0.39 is 0 Å². The number of rotatable bonds is 14. The van der Waals surface area contributed by atoms with Gasteiger partial charge in [-0.2, -0.15) is 0 Å². The van der Waals surface area contributed by atoms with Crippen molar-refractivity contribution in [2.75, 3.05) is 39.3 Å². The third-order valence-corrected chi connectivity index (χ3v) is 9.85. The molecule has 1 heterocycles. The van der Waals surface area contributed by atoms with Gasteiger partial charge in [0.15, 0.2) is 0 Å². The van der Waals surface area contributed by atoms with Gasteiger partial charge in [0.2, 0.25) is 0 Å². The molecule has 0 bridgehead atoms. The minimum absolute atomic E-state index is 0.184. The number of hydrogen-bond acceptors (Lipinski definition) is 2. The molecule has 1 aliphatic heterocycles. The highest BCUT2D eigenvalue weighted by Crippen LogP contribution is 2.43. The summed E-state index contributed by atoms with van der Waals surface area (Å²) in [5.74, 6) is 0. The maximum Gasteiger partial charge on any atom is 0.0463 e. The van der Waals surface area contributed by atoms with Crippen LogP contribution in [0, 0.1) is 0 Å². The maximum atomic E-state index is 2.75. The molecule has 1 saturated heterocycles. The smallest absolute Gasteiger partial charge is 0.0463 e. The molecule has 0 aliphatic carbocycles. The van der Waals surface area contributed by atoms with Gasteiger partial charge in [0.05, 0.1) is 0 Å². The molecule has 5 rings (SSSR count). The van der Waals surface area contributed by atoms with Gasteiger partial charge in [0.25, 0.3) is 0 Å². The molecule has 1 aliphatic rings. The average molecular weight is 559 g/mol. The number of hydrogen-bond donors (Lipinski definition) is 0. The number of benzene rings is 4. The van der Waals surface area contributed by atoms with Crippen molar-refractivity contribution in [1.82, 2.24) is 9.80 Å². The van der Waals surface area contributed by atoms with Gasteiger partial charge < -0.3 is 9.80 Å². The van der Waals surface area contributed by atoms with Crippen LogP contribution in [0.3, 0.4) is 0 Å². The fourth-order valence-electron chi connectivity index (χ4n) is 7.32. The Labute approximate surface area is 255 Å². The van der Waals surface area contributed by atoms with Crippen molar-refractivity contribution in [3.63, 3.8) is 0 Å². The van der Waals surface area contributed by atoms with Crippen LogP contribution < -0.4 is 0 Å². The van der Waals surface area contributed by atoms with Crippen molar-refractivity contribution in [1.29, 1.82) is 0 Å². The van der Waals surface area contributed by atoms with Crippen LogP contribution in [-0.2, 0) is 10.8 Å². The highest BCUT2D eigenvalue weighted by molar-refractivity contribution is 5.50. The van der Waals surface area contributed by atoms with Gasteiger partial charge in [-0.05, 0) is 80.7 Å². The minimum atomic E-state index is -0.184. The summed E-state index contributed by atoms with van der Waals surface area (Å²) in [6.45, 7) is 11.6. The van der Waals surface area contributed by atoms with E-state index in [9.17, 15) is 0 Å². The van der Waals surface area contributed by atoms with E-state index in [0.717, 1.165) is 32.6 Å². The molecule has 0 aromatic heterocycles. The molecule has 0 saturated carbocycles. The van der Waals surface area contributed by atoms with Crippen molar-refractivity contribution in [3.05, 3.63) is 144 Å². The lowest BCUT2D eigenvalue weighted by Crippen LogP contribution is -2.50. The molecule has 42 heavy (non-hydrogen) atoms. The summed E-state index contributed by atoms with van der Waals surface area (Å²) in [6.07, 6.45) is 7.41. The van der Waals surface area contributed by atoms with Crippen molar-refractivity contribution >= 4 is 0 Å². The highest BCUT2D eigenvalue weighted by Gasteiger charge is 2.40. The number of piperidine rings is 1. The lowest BCUT2D eigenvalue weighted by molar-refractivity contribution is 0.113. The Morgan fingerprint density at radius 1 is 0.643 bits per heavy atom. The van der Waals surface area contributed by atoms with E-state index in [0.29, 0.717) is 0 Å². The van der Waals surface area contributed by atoms with Crippen LogP contribution in [0.2, 0.25) is 0 Å². The normalized spacial score (nSPS) is 15.6. The van der Waals surface area contributed by atoms with Gasteiger partial charge in [0.1, 0.15) is 0 Å². The predicted molar refractivity (Wildman–Crippen MR) is 179 cm³/mol. The zero-order valence-corrected chi connectivity index (χ0v) is 25.9. The molecule has 4 aromatic rings. The zero-order chi connectivity index (χ0) is 29.1. The Morgan fingerprint density at radius 3 is 1.57 bits per heavy atom. The Morgan fingerprint density at radius 2 is 1.12 bits per heavy atom. The topological polar surface area (TPSA) is 6.48 Å². The van der Waals surface area contributed by atoms with E-state index in [-0.39, 0.29) is 10.8 Å². The van der Waals surface area contributed by atoms with Crippen molar-refractivity contribution in [3.8, 4) is 0 Å². The second-order valence-electron chi connectivity index (χ2n) is 12.3. The van der Waals surface area contributed by atoms with Gasteiger partial charge in [0, 0.05) is 17.4 Å². The monoisotopic (exact) mass is 558 g/mol. The van der Waals surface area contributed by atoms with Crippen LogP contribution in [0.1, 0.15) is 74.6 Å². The first-order valence-corrected chi connectivity index (χ1v) is 16.4. The lowest BCUT2D eigenvalue weighted by atomic mass is 9.67. The molecule has 220 valence electrons. The van der Waals surface area contributed by atoms with E-state index in [4.69, 9.17) is 0 Å². The average Bonchev–Trinajstić information content (AvgIpc) is 3.07. The quantitative estimate of drug-likeness (QED) is 0.113. The molecule has 0 amide bonds. The van der Waals surface area contributed by atoms with Gasteiger partial charge in [-0.1, -0.05) is 148 Å². The second-order valence-corrected chi connectivity index (χ2v) is 12.3. The first-order chi connectivity index (χ1) is 20.7. The fraction of sp³-hybridized carbons (Fsp3) is 0.400. The van der Waals surface area contributed by atoms with Crippen LogP contribution in [0.4, 0.5) is 0 Å². The first kappa shape index (κ1) is 30.3. The van der Waals surface area contributed by atoms with E-state index in [1.54, 1.807) is 0 Å². The molecule has 0 atom stereocenters. The van der Waals surface area contributed by atoms with E-state index in [1.165, 1.54) is 67.4 Å². The minimum Gasteiger partial charge on any atom is -0.303 e. The number of nitrogens with zero attached hydrogens (tertiary/aromatic N) is 2. The number of likely N-dealkylation sites (N-methyl/N-ethyl adjacent to an activating group) is 1. The zero-order valence-electron chi connectivity index (χ0n) is 25.9. The second kappa shape index (κ2) is 14.8. The van der Waals surface area contributed by atoms with Crippen LogP contribution in [-0.4, -0.2) is 49.1 Å². The van der Waals surface area contributed by atoms with E-state index >= 15 is 0 Å². The van der Waals surface area contributed by atoms with Crippen molar-refractivity contribution < 1.29 is 0 Å². The standard InChI is InChI=1S/C40H50N2/c1-3-5-18-30-41(4-2)34-39(35-19-10-6-11-20-35)27-31-42(32-28-39)33-29-40(36-21-12-7-13-22-36,37-23-14-8-15-24-37)38-25-16-9-17-26-38/h6-17,19-26H,3-5,18,27-34H2,1-2H3. The molecule has 4 aromatic carbocycles. The largest absolute Gasteiger partial charge is 0.303 e. The first-order valence-electron chi connectivity index (χ1n) is 16.4. The Bertz CT molecular complexity index is 1200. The molecule has 0 radical (unpaired) electrons. The summed E-state index contributed by atoms with van der Waals surface area (Å²) in [5.41, 5.74) is 5.72. The van der Waals surface area contributed by atoms with Crippen LogP contribution in [0.25, 0.3) is 0 Å². The third-order valence-electron chi connectivity index (χ3n) is 9.85. The molecule has 1 fully saturated rings.